The zero-order chi connectivity index (χ0) is 15.3. The fourth-order valence-corrected chi connectivity index (χ4v) is 2.96. The predicted molar refractivity (Wildman–Crippen MR) is 70.5 cm³/mol. The van der Waals surface area contributed by atoms with Gasteiger partial charge in [0.1, 0.15) is 10.7 Å². The van der Waals surface area contributed by atoms with Crippen LogP contribution in [0.5, 0.6) is 0 Å². The minimum atomic E-state index is -4.10. The normalized spacial score (nSPS) is 13.4. The van der Waals surface area contributed by atoms with Crippen molar-refractivity contribution in [2.45, 2.75) is 31.3 Å². The van der Waals surface area contributed by atoms with Crippen LogP contribution < -0.4 is 10.5 Å². The van der Waals surface area contributed by atoms with Crippen LogP contribution in [0.4, 0.5) is 8.78 Å². The molecule has 0 radical (unpaired) electrons. The zero-order valence-electron chi connectivity index (χ0n) is 11.3. The first kappa shape index (κ1) is 17.0. The third kappa shape index (κ3) is 3.95. The van der Waals surface area contributed by atoms with Gasteiger partial charge in [0.15, 0.2) is 5.82 Å². The lowest BCUT2D eigenvalue weighted by molar-refractivity contribution is 0.133. The largest absolute Gasteiger partial charge is 0.380 e. The SMILES string of the molecule is CCOCC(C)NS(=O)(=O)c1ccc(F)c(CN)c1F. The number of ether oxygens (including phenoxy) is 1. The van der Waals surface area contributed by atoms with Gasteiger partial charge in [-0.3, -0.25) is 0 Å². The van der Waals surface area contributed by atoms with E-state index in [1.807, 2.05) is 0 Å². The summed E-state index contributed by atoms with van der Waals surface area (Å²) in [5, 5.41) is 0. The Balaban J connectivity index is 3.04. The van der Waals surface area contributed by atoms with Crippen LogP contribution in [0.25, 0.3) is 0 Å². The average Bonchev–Trinajstić information content (AvgIpc) is 2.36. The highest BCUT2D eigenvalue weighted by molar-refractivity contribution is 7.89. The van der Waals surface area contributed by atoms with Gasteiger partial charge < -0.3 is 10.5 Å². The molecule has 1 atom stereocenters. The second-order valence-corrected chi connectivity index (χ2v) is 5.91. The van der Waals surface area contributed by atoms with E-state index in [-0.39, 0.29) is 6.61 Å². The van der Waals surface area contributed by atoms with Gasteiger partial charge in [-0.2, -0.15) is 0 Å². The highest BCUT2D eigenvalue weighted by Crippen LogP contribution is 2.20. The lowest BCUT2D eigenvalue weighted by atomic mass is 10.2. The molecule has 0 aromatic heterocycles. The van der Waals surface area contributed by atoms with E-state index >= 15 is 0 Å². The fourth-order valence-electron chi connectivity index (χ4n) is 1.63. The molecule has 0 aliphatic rings. The molecule has 1 unspecified atom stereocenters. The van der Waals surface area contributed by atoms with Crippen LogP contribution in [-0.2, 0) is 21.3 Å². The molecule has 114 valence electrons. The van der Waals surface area contributed by atoms with Gasteiger partial charge in [-0.15, -0.1) is 0 Å². The van der Waals surface area contributed by atoms with Gasteiger partial charge in [-0.25, -0.2) is 21.9 Å². The molecule has 0 aliphatic heterocycles. The molecular formula is C12H18F2N2O3S. The third-order valence-corrected chi connectivity index (χ3v) is 4.18. The van der Waals surface area contributed by atoms with Crippen molar-refractivity contribution in [1.82, 2.24) is 4.72 Å². The van der Waals surface area contributed by atoms with Crippen molar-refractivity contribution in [1.29, 1.82) is 0 Å². The Morgan fingerprint density at radius 3 is 2.60 bits per heavy atom. The molecule has 0 spiro atoms. The molecule has 0 bridgehead atoms. The van der Waals surface area contributed by atoms with E-state index in [4.69, 9.17) is 10.5 Å². The molecule has 5 nitrogen and oxygen atoms in total. The van der Waals surface area contributed by atoms with Crippen molar-refractivity contribution in [3.8, 4) is 0 Å². The Morgan fingerprint density at radius 2 is 2.05 bits per heavy atom. The molecule has 0 saturated heterocycles. The maximum absolute atomic E-state index is 14.0. The molecule has 0 fully saturated rings. The minimum absolute atomic E-state index is 0.155. The number of rotatable bonds is 7. The quantitative estimate of drug-likeness (QED) is 0.791. The van der Waals surface area contributed by atoms with Gasteiger partial charge in [0.05, 0.1) is 6.61 Å². The summed E-state index contributed by atoms with van der Waals surface area (Å²) in [5.74, 6) is -2.03. The Labute approximate surface area is 117 Å². The summed E-state index contributed by atoms with van der Waals surface area (Å²) >= 11 is 0. The van der Waals surface area contributed by atoms with Gasteiger partial charge in [0.2, 0.25) is 10.0 Å². The standard InChI is InChI=1S/C12H18F2N2O3S/c1-3-19-7-8(2)16-20(17,18)11-5-4-10(13)9(6-15)12(11)14/h4-5,8,16H,3,6-7,15H2,1-2H3. The van der Waals surface area contributed by atoms with Crippen molar-refractivity contribution in [3.05, 3.63) is 29.3 Å². The van der Waals surface area contributed by atoms with Crippen molar-refractivity contribution < 1.29 is 21.9 Å². The summed E-state index contributed by atoms with van der Waals surface area (Å²) in [7, 11) is -4.10. The summed E-state index contributed by atoms with van der Waals surface area (Å²) in [4.78, 5) is -0.623. The van der Waals surface area contributed by atoms with Crippen LogP contribution in [0.2, 0.25) is 0 Å². The number of benzene rings is 1. The molecule has 0 aliphatic carbocycles. The summed E-state index contributed by atoms with van der Waals surface area (Å²) in [5.41, 5.74) is 4.76. The highest BCUT2D eigenvalue weighted by Gasteiger charge is 2.24. The number of nitrogens with one attached hydrogen (secondary N) is 1. The second-order valence-electron chi connectivity index (χ2n) is 4.22. The van der Waals surface area contributed by atoms with Crippen molar-refractivity contribution in [3.63, 3.8) is 0 Å². The Bertz CT molecular complexity index is 564. The highest BCUT2D eigenvalue weighted by atomic mass is 32.2. The Morgan fingerprint density at radius 1 is 1.40 bits per heavy atom. The van der Waals surface area contributed by atoms with E-state index in [0.29, 0.717) is 6.61 Å². The number of halogens is 2. The second kappa shape index (κ2) is 7.07. The van der Waals surface area contributed by atoms with E-state index in [9.17, 15) is 17.2 Å². The Kier molecular flexibility index (Phi) is 6.00. The van der Waals surface area contributed by atoms with Crippen LogP contribution in [0.1, 0.15) is 19.4 Å². The first-order valence-corrected chi connectivity index (χ1v) is 7.58. The molecule has 1 rings (SSSR count). The lowest BCUT2D eigenvalue weighted by Gasteiger charge is -2.15. The van der Waals surface area contributed by atoms with E-state index in [0.717, 1.165) is 12.1 Å². The average molecular weight is 308 g/mol. The third-order valence-electron chi connectivity index (χ3n) is 2.57. The van der Waals surface area contributed by atoms with Gasteiger partial charge >= 0.3 is 0 Å². The first-order valence-electron chi connectivity index (χ1n) is 6.10. The van der Waals surface area contributed by atoms with Crippen LogP contribution >= 0.6 is 0 Å². The number of sulfonamides is 1. The first-order chi connectivity index (χ1) is 9.33. The van der Waals surface area contributed by atoms with E-state index in [1.54, 1.807) is 13.8 Å². The summed E-state index contributed by atoms with van der Waals surface area (Å²) < 4.78 is 58.7. The molecule has 20 heavy (non-hydrogen) atoms. The van der Waals surface area contributed by atoms with E-state index in [2.05, 4.69) is 4.72 Å². The molecule has 3 N–H and O–H groups in total. The number of hydrogen-bond donors (Lipinski definition) is 2. The maximum atomic E-state index is 14.0. The van der Waals surface area contributed by atoms with E-state index in [1.165, 1.54) is 0 Å². The predicted octanol–water partition coefficient (Wildman–Crippen LogP) is 1.13. The maximum Gasteiger partial charge on any atom is 0.243 e. The van der Waals surface area contributed by atoms with Gasteiger partial charge in [0, 0.05) is 24.8 Å². The van der Waals surface area contributed by atoms with Crippen LogP contribution in [0.15, 0.2) is 17.0 Å². The number of hydrogen-bond acceptors (Lipinski definition) is 4. The summed E-state index contributed by atoms with van der Waals surface area (Å²) in [6, 6.07) is 1.22. The molecule has 0 saturated carbocycles. The van der Waals surface area contributed by atoms with E-state index < -0.39 is 44.7 Å². The molecular weight excluding hydrogens is 290 g/mol. The van der Waals surface area contributed by atoms with Crippen LogP contribution in [0.3, 0.4) is 0 Å². The summed E-state index contributed by atoms with van der Waals surface area (Å²) in [6.07, 6.45) is 0. The monoisotopic (exact) mass is 308 g/mol. The topological polar surface area (TPSA) is 81.4 Å². The minimum Gasteiger partial charge on any atom is -0.380 e. The van der Waals surface area contributed by atoms with Gasteiger partial charge in [-0.05, 0) is 26.0 Å². The Hall–Kier alpha value is -1.09. The smallest absolute Gasteiger partial charge is 0.243 e. The van der Waals surface area contributed by atoms with Crippen LogP contribution in [-0.4, -0.2) is 27.7 Å². The zero-order valence-corrected chi connectivity index (χ0v) is 12.1. The molecule has 0 amide bonds. The van der Waals surface area contributed by atoms with Gasteiger partial charge in [0.25, 0.3) is 0 Å². The van der Waals surface area contributed by atoms with Crippen molar-refractivity contribution >= 4 is 10.0 Å². The molecule has 1 aromatic rings. The van der Waals surface area contributed by atoms with Crippen LogP contribution in [0, 0.1) is 11.6 Å². The molecule has 8 heteroatoms. The summed E-state index contributed by atoms with van der Waals surface area (Å²) in [6.45, 7) is 3.53. The lowest BCUT2D eigenvalue weighted by Crippen LogP contribution is -2.36. The molecule has 0 heterocycles. The molecule has 1 aromatic carbocycles. The fraction of sp³-hybridized carbons (Fsp3) is 0.500. The number of nitrogens with two attached hydrogens (primary N) is 1. The van der Waals surface area contributed by atoms with Crippen molar-refractivity contribution in [2.75, 3.05) is 13.2 Å². The van der Waals surface area contributed by atoms with Gasteiger partial charge in [-0.1, -0.05) is 0 Å². The van der Waals surface area contributed by atoms with Crippen molar-refractivity contribution in [2.24, 2.45) is 5.73 Å².